The van der Waals surface area contributed by atoms with Gasteiger partial charge in [-0.15, -0.1) is 0 Å². The maximum atomic E-state index is 12.2. The van der Waals surface area contributed by atoms with E-state index in [1.165, 1.54) is 19.3 Å². The van der Waals surface area contributed by atoms with Crippen LogP contribution in [0, 0.1) is 5.41 Å². The summed E-state index contributed by atoms with van der Waals surface area (Å²) in [6, 6.07) is 0.482. The zero-order valence-electron chi connectivity index (χ0n) is 10.6. The quantitative estimate of drug-likeness (QED) is 0.806. The van der Waals surface area contributed by atoms with Gasteiger partial charge in [-0.05, 0) is 25.8 Å². The molecular formula is C13H23F2NO. The summed E-state index contributed by atoms with van der Waals surface area (Å²) < 4.78 is 29.9. The summed E-state index contributed by atoms with van der Waals surface area (Å²) in [4.78, 5) is 0. The summed E-state index contributed by atoms with van der Waals surface area (Å²) in [5, 5.41) is 3.49. The lowest BCUT2D eigenvalue weighted by Gasteiger charge is -2.58. The predicted octanol–water partition coefficient (Wildman–Crippen LogP) is 2.97. The van der Waals surface area contributed by atoms with E-state index in [-0.39, 0.29) is 11.5 Å². The van der Waals surface area contributed by atoms with E-state index in [1.807, 2.05) is 0 Å². The first-order valence-electron chi connectivity index (χ1n) is 6.82. The molecule has 1 N–H and O–H groups in total. The van der Waals surface area contributed by atoms with Gasteiger partial charge in [-0.3, -0.25) is 0 Å². The summed E-state index contributed by atoms with van der Waals surface area (Å²) in [6.45, 7) is 2.66. The molecule has 0 saturated heterocycles. The van der Waals surface area contributed by atoms with Crippen molar-refractivity contribution in [2.45, 2.75) is 64.0 Å². The summed E-state index contributed by atoms with van der Waals surface area (Å²) in [5.74, 6) is 0. The van der Waals surface area contributed by atoms with Crippen molar-refractivity contribution in [2.24, 2.45) is 5.41 Å². The van der Waals surface area contributed by atoms with Crippen LogP contribution in [0.4, 0.5) is 8.78 Å². The van der Waals surface area contributed by atoms with E-state index in [0.717, 1.165) is 25.8 Å². The molecule has 0 aromatic carbocycles. The van der Waals surface area contributed by atoms with E-state index in [2.05, 4.69) is 12.2 Å². The third-order valence-electron chi connectivity index (χ3n) is 4.44. The number of nitrogens with one attached hydrogen (secondary N) is 1. The van der Waals surface area contributed by atoms with Crippen molar-refractivity contribution in [3.63, 3.8) is 0 Å². The predicted molar refractivity (Wildman–Crippen MR) is 63.3 cm³/mol. The Bertz CT molecular complexity index is 242. The van der Waals surface area contributed by atoms with Crippen LogP contribution in [-0.2, 0) is 4.74 Å². The van der Waals surface area contributed by atoms with Gasteiger partial charge in [0, 0.05) is 11.5 Å². The summed E-state index contributed by atoms with van der Waals surface area (Å²) in [6.07, 6.45) is 4.61. The Hall–Kier alpha value is -0.220. The lowest BCUT2D eigenvalue weighted by Crippen LogP contribution is -2.64. The molecule has 0 radical (unpaired) electrons. The number of hydrogen-bond acceptors (Lipinski definition) is 2. The molecule has 2 unspecified atom stereocenters. The van der Waals surface area contributed by atoms with E-state index in [4.69, 9.17) is 4.74 Å². The topological polar surface area (TPSA) is 21.3 Å². The molecule has 4 heteroatoms. The molecule has 0 aromatic rings. The molecule has 2 saturated carbocycles. The van der Waals surface area contributed by atoms with Gasteiger partial charge in [0.25, 0.3) is 6.43 Å². The lowest BCUT2D eigenvalue weighted by molar-refractivity contribution is -0.168. The van der Waals surface area contributed by atoms with Crippen molar-refractivity contribution >= 4 is 0 Å². The van der Waals surface area contributed by atoms with E-state index in [1.54, 1.807) is 0 Å². The van der Waals surface area contributed by atoms with Crippen molar-refractivity contribution in [2.75, 3.05) is 13.2 Å². The number of ether oxygens (including phenoxy) is 1. The molecule has 100 valence electrons. The molecule has 0 aromatic heterocycles. The van der Waals surface area contributed by atoms with E-state index >= 15 is 0 Å². The van der Waals surface area contributed by atoms with Crippen molar-refractivity contribution in [3.8, 4) is 0 Å². The Morgan fingerprint density at radius 2 is 2.00 bits per heavy atom. The molecule has 0 bridgehead atoms. The van der Waals surface area contributed by atoms with Gasteiger partial charge in [0.05, 0.1) is 6.10 Å². The number of rotatable bonds is 5. The fraction of sp³-hybridized carbons (Fsp3) is 1.00. The molecule has 2 atom stereocenters. The number of halogens is 2. The van der Waals surface area contributed by atoms with Gasteiger partial charge in [0.15, 0.2) is 0 Å². The summed E-state index contributed by atoms with van der Waals surface area (Å²) in [7, 11) is 0. The highest BCUT2D eigenvalue weighted by Crippen LogP contribution is 2.53. The number of alkyl halides is 2. The molecule has 2 aliphatic rings. The Balaban J connectivity index is 1.93. The van der Waals surface area contributed by atoms with Gasteiger partial charge in [0.1, 0.15) is 6.61 Å². The second-order valence-electron chi connectivity index (χ2n) is 5.35. The maximum absolute atomic E-state index is 12.2. The highest BCUT2D eigenvalue weighted by molar-refractivity contribution is 5.08. The standard InChI is InChI=1S/C13H23F2NO/c1-2-16-10-8-11(17-9-12(14)15)13(10)6-4-3-5-7-13/h10-12,16H,2-9H2,1H3. The molecule has 2 fully saturated rings. The van der Waals surface area contributed by atoms with Gasteiger partial charge in [-0.1, -0.05) is 26.2 Å². The van der Waals surface area contributed by atoms with Gasteiger partial charge in [-0.2, -0.15) is 0 Å². The van der Waals surface area contributed by atoms with Crippen LogP contribution < -0.4 is 5.32 Å². The monoisotopic (exact) mass is 247 g/mol. The van der Waals surface area contributed by atoms with Crippen LogP contribution in [-0.4, -0.2) is 31.7 Å². The fourth-order valence-electron chi connectivity index (χ4n) is 3.58. The lowest BCUT2D eigenvalue weighted by atomic mass is 9.55. The van der Waals surface area contributed by atoms with Crippen molar-refractivity contribution in [3.05, 3.63) is 0 Å². The van der Waals surface area contributed by atoms with Crippen LogP contribution >= 0.6 is 0 Å². The van der Waals surface area contributed by atoms with Gasteiger partial charge in [0.2, 0.25) is 0 Å². The average Bonchev–Trinajstić information content (AvgIpc) is 2.33. The van der Waals surface area contributed by atoms with Gasteiger partial charge < -0.3 is 10.1 Å². The first-order valence-corrected chi connectivity index (χ1v) is 6.82. The fourth-order valence-corrected chi connectivity index (χ4v) is 3.58. The van der Waals surface area contributed by atoms with Gasteiger partial charge in [-0.25, -0.2) is 8.78 Å². The van der Waals surface area contributed by atoms with Crippen LogP contribution in [0.15, 0.2) is 0 Å². The Kier molecular flexibility index (Phi) is 4.36. The number of hydrogen-bond donors (Lipinski definition) is 1. The summed E-state index contributed by atoms with van der Waals surface area (Å²) in [5.41, 5.74) is 0.156. The molecule has 2 aliphatic carbocycles. The first kappa shape index (κ1) is 13.2. The molecule has 0 heterocycles. The zero-order chi connectivity index (χ0) is 12.3. The molecule has 2 rings (SSSR count). The Morgan fingerprint density at radius 3 is 2.59 bits per heavy atom. The largest absolute Gasteiger partial charge is 0.372 e. The van der Waals surface area contributed by atoms with E-state index in [9.17, 15) is 8.78 Å². The normalized spacial score (nSPS) is 31.8. The first-order chi connectivity index (χ1) is 8.19. The van der Waals surface area contributed by atoms with Crippen LogP contribution in [0.3, 0.4) is 0 Å². The van der Waals surface area contributed by atoms with E-state index < -0.39 is 13.0 Å². The van der Waals surface area contributed by atoms with Crippen molar-refractivity contribution in [1.82, 2.24) is 5.32 Å². The highest BCUT2D eigenvalue weighted by Gasteiger charge is 2.55. The minimum atomic E-state index is -2.34. The second kappa shape index (κ2) is 5.61. The van der Waals surface area contributed by atoms with Gasteiger partial charge >= 0.3 is 0 Å². The Labute approximate surface area is 102 Å². The SMILES string of the molecule is CCNC1CC(OCC(F)F)C12CCCCC2. The smallest absolute Gasteiger partial charge is 0.261 e. The molecule has 1 spiro atoms. The molecule has 2 nitrogen and oxygen atoms in total. The zero-order valence-corrected chi connectivity index (χ0v) is 10.6. The van der Waals surface area contributed by atoms with Crippen molar-refractivity contribution in [1.29, 1.82) is 0 Å². The maximum Gasteiger partial charge on any atom is 0.261 e. The van der Waals surface area contributed by atoms with Crippen molar-refractivity contribution < 1.29 is 13.5 Å². The van der Waals surface area contributed by atoms with Crippen LogP contribution in [0.2, 0.25) is 0 Å². The molecular weight excluding hydrogens is 224 g/mol. The van der Waals surface area contributed by atoms with E-state index in [0.29, 0.717) is 6.04 Å². The van der Waals surface area contributed by atoms with Crippen LogP contribution in [0.1, 0.15) is 45.4 Å². The molecule has 17 heavy (non-hydrogen) atoms. The second-order valence-corrected chi connectivity index (χ2v) is 5.35. The highest BCUT2D eigenvalue weighted by atomic mass is 19.3. The molecule has 0 aliphatic heterocycles. The minimum absolute atomic E-state index is 0.0563. The van der Waals surface area contributed by atoms with Crippen LogP contribution in [0.25, 0.3) is 0 Å². The summed E-state index contributed by atoms with van der Waals surface area (Å²) >= 11 is 0. The average molecular weight is 247 g/mol. The molecule has 0 amide bonds. The van der Waals surface area contributed by atoms with Crippen LogP contribution in [0.5, 0.6) is 0 Å². The third kappa shape index (κ3) is 2.63. The third-order valence-corrected chi connectivity index (χ3v) is 4.44. The Morgan fingerprint density at radius 1 is 1.29 bits per heavy atom. The minimum Gasteiger partial charge on any atom is -0.372 e.